The van der Waals surface area contributed by atoms with Gasteiger partial charge in [-0.15, -0.1) is 13.2 Å². The Morgan fingerprint density at radius 1 is 0.733 bits per heavy atom. The first-order chi connectivity index (χ1) is 7.24. The van der Waals surface area contributed by atoms with Crippen molar-refractivity contribution in [1.82, 2.24) is 0 Å². The summed E-state index contributed by atoms with van der Waals surface area (Å²) in [5, 5.41) is 19.1. The van der Waals surface area contributed by atoms with Crippen molar-refractivity contribution in [2.24, 2.45) is 0 Å². The van der Waals surface area contributed by atoms with Gasteiger partial charge in [-0.2, -0.15) is 0 Å². The molecule has 0 atom stereocenters. The van der Waals surface area contributed by atoms with Crippen LogP contribution in [0.2, 0.25) is 8.87 Å². The molecule has 0 heterocycles. The van der Waals surface area contributed by atoms with E-state index in [4.69, 9.17) is 0 Å². The molecule has 0 rings (SSSR count). The molecule has 2 nitrogen and oxygen atoms in total. The van der Waals surface area contributed by atoms with Crippen LogP contribution in [0.25, 0.3) is 0 Å². The van der Waals surface area contributed by atoms with Gasteiger partial charge in [0.1, 0.15) is 0 Å². The maximum atomic E-state index is 9.53. The molecule has 0 unspecified atom stereocenters. The third-order valence-electron chi connectivity index (χ3n) is 1.50. The number of hydrogen-bond donors (Lipinski definition) is 0. The van der Waals surface area contributed by atoms with E-state index in [1.165, 1.54) is 8.87 Å². The maximum absolute atomic E-state index is 9.53. The second kappa shape index (κ2) is 29.3. The molecule has 0 spiro atoms. The van der Waals surface area contributed by atoms with Crippen molar-refractivity contribution in [3.63, 3.8) is 0 Å². The van der Waals surface area contributed by atoms with Gasteiger partial charge in [0.2, 0.25) is 0 Å². The average molecular weight is 323 g/mol. The van der Waals surface area contributed by atoms with Crippen LogP contribution < -0.4 is 10.2 Å². The Kier molecular flexibility index (Phi) is 41.2. The van der Waals surface area contributed by atoms with E-state index in [1.54, 1.807) is 0 Å². The summed E-state index contributed by atoms with van der Waals surface area (Å²) in [7, 11) is 0. The van der Waals surface area contributed by atoms with E-state index in [-0.39, 0.29) is 34.4 Å². The summed E-state index contributed by atoms with van der Waals surface area (Å²) in [5.74, 6) is 0. The van der Waals surface area contributed by atoms with E-state index < -0.39 is 0 Å². The zero-order valence-electron chi connectivity index (χ0n) is 11.0. The van der Waals surface area contributed by atoms with E-state index in [0.717, 1.165) is 25.7 Å². The van der Waals surface area contributed by atoms with Crippen LogP contribution in [-0.2, 0) is 0 Å². The summed E-state index contributed by atoms with van der Waals surface area (Å²) in [6.45, 7) is 8.79. The summed E-state index contributed by atoms with van der Waals surface area (Å²) in [5.41, 5.74) is 0. The number of hydrogen-bond acceptors (Lipinski definition) is 2. The predicted molar refractivity (Wildman–Crippen MR) is 66.3 cm³/mol. The molecular weight excluding hydrogens is 295 g/mol. The molecule has 0 amide bonds. The standard InChI is InChI=1S/2C4H9O.2C2H5.Sn/c2*1-2-3-4-5;2*1-2;/h2*2-4H2,1H3;2*1H2,2H3;/q2*-1;;;+2. The third-order valence-corrected chi connectivity index (χ3v) is 4.35. The van der Waals surface area contributed by atoms with Crippen LogP contribution in [-0.4, -0.2) is 34.4 Å². The Bertz CT molecular complexity index is 50.4. The van der Waals surface area contributed by atoms with Gasteiger partial charge in [0.25, 0.3) is 0 Å². The summed E-state index contributed by atoms with van der Waals surface area (Å²) < 4.78 is 3.03. The Morgan fingerprint density at radius 2 is 1.07 bits per heavy atom. The van der Waals surface area contributed by atoms with E-state index in [1.807, 2.05) is 13.8 Å². The molecule has 0 saturated heterocycles. The third kappa shape index (κ3) is 52.7. The second-order valence-corrected chi connectivity index (χ2v) is 8.54. The first-order valence-electron chi connectivity index (χ1n) is 6.11. The normalized spacial score (nSPS) is 7.87. The van der Waals surface area contributed by atoms with Crippen molar-refractivity contribution < 1.29 is 10.2 Å². The molecule has 0 aliphatic carbocycles. The zero-order valence-corrected chi connectivity index (χ0v) is 13.8. The van der Waals surface area contributed by atoms with Crippen LogP contribution >= 0.6 is 0 Å². The van der Waals surface area contributed by atoms with Crippen LogP contribution in [0.3, 0.4) is 0 Å². The molecule has 3 heteroatoms. The van der Waals surface area contributed by atoms with Crippen molar-refractivity contribution in [3.8, 4) is 0 Å². The van der Waals surface area contributed by atoms with Crippen molar-refractivity contribution in [3.05, 3.63) is 0 Å². The molecule has 0 bridgehead atoms. The van der Waals surface area contributed by atoms with Gasteiger partial charge >= 0.3 is 43.9 Å². The monoisotopic (exact) mass is 324 g/mol. The molecule has 92 valence electrons. The van der Waals surface area contributed by atoms with Gasteiger partial charge < -0.3 is 10.2 Å². The Labute approximate surface area is 107 Å². The molecule has 15 heavy (non-hydrogen) atoms. The summed E-state index contributed by atoms with van der Waals surface area (Å²) >= 11 is 0.218. The summed E-state index contributed by atoms with van der Waals surface area (Å²) in [6.07, 6.45) is 3.73. The topological polar surface area (TPSA) is 46.1 Å². The van der Waals surface area contributed by atoms with Gasteiger partial charge in [-0.1, -0.05) is 39.5 Å². The Hall–Kier alpha value is 0.719. The molecule has 0 aromatic carbocycles. The zero-order chi connectivity index (χ0) is 12.4. The van der Waals surface area contributed by atoms with E-state index >= 15 is 0 Å². The molecule has 0 aromatic heterocycles. The molecule has 0 aliphatic heterocycles. The number of rotatable bonds is 6. The van der Waals surface area contributed by atoms with Crippen molar-refractivity contribution in [2.45, 2.75) is 62.3 Å². The quantitative estimate of drug-likeness (QED) is 0.701. The van der Waals surface area contributed by atoms with Gasteiger partial charge in [-0.25, -0.2) is 0 Å². The van der Waals surface area contributed by atoms with Crippen LogP contribution in [0, 0.1) is 0 Å². The molecule has 0 radical (unpaired) electrons. The van der Waals surface area contributed by atoms with Crippen molar-refractivity contribution >= 4 is 21.1 Å². The molecule has 0 fully saturated rings. The van der Waals surface area contributed by atoms with E-state index in [2.05, 4.69) is 13.8 Å². The van der Waals surface area contributed by atoms with Gasteiger partial charge in [0.05, 0.1) is 0 Å². The van der Waals surface area contributed by atoms with Gasteiger partial charge in [0, 0.05) is 0 Å². The molecule has 0 aromatic rings. The van der Waals surface area contributed by atoms with Gasteiger partial charge in [0.15, 0.2) is 0 Å². The Balaban J connectivity index is -0.000000144. The van der Waals surface area contributed by atoms with Crippen molar-refractivity contribution in [1.29, 1.82) is 0 Å². The van der Waals surface area contributed by atoms with Gasteiger partial charge in [-0.05, 0) is 0 Å². The average Bonchev–Trinajstić information content (AvgIpc) is 2.23. The molecule has 0 aliphatic rings. The van der Waals surface area contributed by atoms with Crippen LogP contribution in [0.15, 0.2) is 0 Å². The Morgan fingerprint density at radius 3 is 1.07 bits per heavy atom. The fraction of sp³-hybridized carbons (Fsp3) is 1.00. The molecule has 0 N–H and O–H groups in total. The van der Waals surface area contributed by atoms with E-state index in [9.17, 15) is 10.2 Å². The van der Waals surface area contributed by atoms with Crippen LogP contribution in [0.4, 0.5) is 0 Å². The first-order valence-corrected chi connectivity index (χ1v) is 10.1. The van der Waals surface area contributed by atoms with Gasteiger partial charge in [-0.3, -0.25) is 0 Å². The SMILES string of the molecule is CCCC[O-].CCCC[O-].C[CH2][Sn+2][CH2]C. The minimum atomic E-state index is 0.0938. The molecule has 0 saturated carbocycles. The fourth-order valence-electron chi connectivity index (χ4n) is 0.539. The van der Waals surface area contributed by atoms with E-state index in [0.29, 0.717) is 0 Å². The molecular formula is C12H28O2Sn. The summed E-state index contributed by atoms with van der Waals surface area (Å²) in [4.78, 5) is 0. The van der Waals surface area contributed by atoms with Crippen LogP contribution in [0.5, 0.6) is 0 Å². The van der Waals surface area contributed by atoms with Crippen LogP contribution in [0.1, 0.15) is 53.4 Å². The predicted octanol–water partition coefficient (Wildman–Crippen LogP) is 1.86. The second-order valence-electron chi connectivity index (χ2n) is 3.07. The summed E-state index contributed by atoms with van der Waals surface area (Å²) in [6, 6.07) is 0. The van der Waals surface area contributed by atoms with Crippen molar-refractivity contribution in [2.75, 3.05) is 13.2 Å². The fourth-order valence-corrected chi connectivity index (χ4v) is 1.97. The first kappa shape index (κ1) is 21.1. The minimum absolute atomic E-state index is 0.0938. The number of unbranched alkanes of at least 4 members (excludes halogenated alkanes) is 2.